The van der Waals surface area contributed by atoms with Crippen molar-refractivity contribution in [1.29, 1.82) is 0 Å². The van der Waals surface area contributed by atoms with Gasteiger partial charge in [-0.3, -0.25) is 23.6 Å². The number of hydrogen-bond donors (Lipinski definition) is 1. The van der Waals surface area contributed by atoms with E-state index >= 15 is 0 Å². The third kappa shape index (κ3) is 5.76. The smallest absolute Gasteiger partial charge is 0.332 e. The highest BCUT2D eigenvalue weighted by molar-refractivity contribution is 5.84. The number of carboxylic acid groups (broad SMARTS) is 1. The van der Waals surface area contributed by atoms with Crippen LogP contribution in [0.2, 0.25) is 0 Å². The van der Waals surface area contributed by atoms with E-state index in [0.29, 0.717) is 12.2 Å². The van der Waals surface area contributed by atoms with Crippen LogP contribution in [-0.2, 0) is 38.2 Å². The molecule has 2 heterocycles. The van der Waals surface area contributed by atoms with Gasteiger partial charge in [-0.15, -0.1) is 0 Å². The molecule has 204 valence electrons. The fourth-order valence-corrected chi connectivity index (χ4v) is 5.75. The molecule has 1 fully saturated rings. The summed E-state index contributed by atoms with van der Waals surface area (Å²) in [5.74, 6) is -0.0988. The summed E-state index contributed by atoms with van der Waals surface area (Å²) in [7, 11) is 3.22. The fraction of sp³-hybridized carbons (Fsp3) is 0.387. The van der Waals surface area contributed by atoms with Gasteiger partial charge < -0.3 is 10.0 Å². The van der Waals surface area contributed by atoms with E-state index in [1.54, 1.807) is 17.7 Å². The summed E-state index contributed by atoms with van der Waals surface area (Å²) in [5.41, 5.74) is 6.86. The number of aliphatic carboxylic acids is 1. The lowest BCUT2D eigenvalue weighted by Gasteiger charge is -2.36. The highest BCUT2D eigenvalue weighted by Crippen LogP contribution is 2.34. The summed E-state index contributed by atoms with van der Waals surface area (Å²) in [6.07, 6.45) is 5.86. The molecule has 1 saturated heterocycles. The van der Waals surface area contributed by atoms with E-state index in [0.717, 1.165) is 62.1 Å². The second-order valence-electron chi connectivity index (χ2n) is 10.5. The quantitative estimate of drug-likeness (QED) is 0.508. The largest absolute Gasteiger partial charge is 0.481 e. The maximum Gasteiger partial charge on any atom is 0.332 e. The zero-order chi connectivity index (χ0) is 27.5. The summed E-state index contributed by atoms with van der Waals surface area (Å²) in [5, 5.41) is 9.16. The Bertz CT molecular complexity index is 1530. The fourth-order valence-electron chi connectivity index (χ4n) is 5.75. The highest BCUT2D eigenvalue weighted by atomic mass is 16.4. The van der Waals surface area contributed by atoms with Gasteiger partial charge in [0.15, 0.2) is 0 Å². The molecule has 2 aliphatic rings. The molecule has 5 rings (SSSR count). The van der Waals surface area contributed by atoms with Crippen molar-refractivity contribution in [2.45, 2.75) is 32.1 Å². The molecule has 1 N–H and O–H groups in total. The Balaban J connectivity index is 1.32. The Kier molecular flexibility index (Phi) is 7.84. The molecule has 0 bridgehead atoms. The van der Waals surface area contributed by atoms with Gasteiger partial charge in [-0.2, -0.15) is 0 Å². The molecule has 1 aliphatic carbocycles. The zero-order valence-corrected chi connectivity index (χ0v) is 22.7. The van der Waals surface area contributed by atoms with Crippen molar-refractivity contribution in [1.82, 2.24) is 14.0 Å². The van der Waals surface area contributed by atoms with Crippen molar-refractivity contribution >= 4 is 17.4 Å². The number of rotatable bonds is 7. The van der Waals surface area contributed by atoms with Crippen molar-refractivity contribution in [3.8, 4) is 0 Å². The molecule has 1 aliphatic heterocycles. The van der Waals surface area contributed by atoms with Crippen LogP contribution in [0.3, 0.4) is 0 Å². The highest BCUT2D eigenvalue weighted by Gasteiger charge is 2.21. The number of anilines is 1. The van der Waals surface area contributed by atoms with E-state index in [4.69, 9.17) is 5.11 Å². The number of fused-ring (bicyclic) bond motifs is 2. The number of carbonyl (C=O) groups is 1. The van der Waals surface area contributed by atoms with E-state index in [2.05, 4.69) is 58.3 Å². The van der Waals surface area contributed by atoms with Gasteiger partial charge in [0.1, 0.15) is 5.82 Å². The monoisotopic (exact) mass is 528 g/mol. The zero-order valence-electron chi connectivity index (χ0n) is 22.7. The third-order valence-corrected chi connectivity index (χ3v) is 8.05. The van der Waals surface area contributed by atoms with E-state index in [9.17, 15) is 14.4 Å². The van der Waals surface area contributed by atoms with Crippen molar-refractivity contribution in [3.63, 3.8) is 0 Å². The van der Waals surface area contributed by atoms with Crippen molar-refractivity contribution in [3.05, 3.63) is 103 Å². The molecule has 0 amide bonds. The molecular formula is C31H36N4O4. The second kappa shape index (κ2) is 11.5. The summed E-state index contributed by atoms with van der Waals surface area (Å²) in [4.78, 5) is 40.2. The van der Waals surface area contributed by atoms with E-state index in [1.807, 2.05) is 0 Å². The van der Waals surface area contributed by atoms with Crippen LogP contribution in [0.1, 0.15) is 40.7 Å². The Hall–Kier alpha value is -3.91. The average Bonchev–Trinajstić information content (AvgIpc) is 3.10. The molecule has 0 radical (unpaired) electrons. The van der Waals surface area contributed by atoms with Crippen molar-refractivity contribution in [2.75, 3.05) is 37.6 Å². The first kappa shape index (κ1) is 26.7. The van der Waals surface area contributed by atoms with Gasteiger partial charge >= 0.3 is 11.7 Å². The van der Waals surface area contributed by atoms with Crippen molar-refractivity contribution in [2.24, 2.45) is 14.1 Å². The summed E-state index contributed by atoms with van der Waals surface area (Å²) >= 11 is 0. The number of carboxylic acids is 1. The van der Waals surface area contributed by atoms with Gasteiger partial charge in [0, 0.05) is 59.3 Å². The lowest BCUT2D eigenvalue weighted by atomic mass is 9.91. The van der Waals surface area contributed by atoms with Gasteiger partial charge in [-0.05, 0) is 59.1 Å². The number of nitrogens with zero attached hydrogens (tertiary/aromatic N) is 4. The topological polar surface area (TPSA) is 87.8 Å². The van der Waals surface area contributed by atoms with Gasteiger partial charge in [0.25, 0.3) is 5.56 Å². The van der Waals surface area contributed by atoms with E-state index in [1.165, 1.54) is 34.9 Å². The lowest BCUT2D eigenvalue weighted by Crippen LogP contribution is -2.49. The van der Waals surface area contributed by atoms with E-state index in [-0.39, 0.29) is 17.7 Å². The van der Waals surface area contributed by atoms with Gasteiger partial charge in [-0.25, -0.2) is 4.79 Å². The predicted molar refractivity (Wildman–Crippen MR) is 154 cm³/mol. The third-order valence-electron chi connectivity index (χ3n) is 8.05. The SMILES string of the molecule is Cn1c(N2CCN(CC/C=C3/c4ccccc4CCc4ccc(CCC(=O)O)cc43)CC2)cc(=O)n(C)c1=O. The van der Waals surface area contributed by atoms with Crippen LogP contribution in [0.4, 0.5) is 5.82 Å². The number of aryl methyl sites for hydroxylation is 3. The standard InChI is InChI=1S/C31H36N4O4/c1-32-28(21-29(36)33(2)31(32)39)35-18-16-34(17-19-35)15-5-8-26-25-7-4-3-6-23(25)12-13-24-11-9-22(20-27(24)26)10-14-30(37)38/h3-4,6-9,11,20-21H,5,10,12-19H2,1-2H3,(H,37,38)/b26-8-. The average molecular weight is 529 g/mol. The molecule has 8 heteroatoms. The molecule has 1 aromatic heterocycles. The molecule has 2 aromatic carbocycles. The number of benzene rings is 2. The number of piperazine rings is 1. The number of hydrogen-bond acceptors (Lipinski definition) is 5. The normalized spacial score (nSPS) is 16.6. The predicted octanol–water partition coefficient (Wildman–Crippen LogP) is 2.84. The first-order valence-electron chi connectivity index (χ1n) is 13.7. The van der Waals surface area contributed by atoms with Gasteiger partial charge in [0.2, 0.25) is 0 Å². The second-order valence-corrected chi connectivity index (χ2v) is 10.5. The van der Waals surface area contributed by atoms with Crippen LogP contribution < -0.4 is 16.1 Å². The molecule has 3 aromatic rings. The number of aromatic nitrogens is 2. The van der Waals surface area contributed by atoms with Crippen LogP contribution >= 0.6 is 0 Å². The Morgan fingerprint density at radius 3 is 2.36 bits per heavy atom. The van der Waals surface area contributed by atoms with Gasteiger partial charge in [-0.1, -0.05) is 48.5 Å². The Morgan fingerprint density at radius 2 is 1.62 bits per heavy atom. The van der Waals surface area contributed by atoms with Crippen LogP contribution in [-0.4, -0.2) is 57.8 Å². The van der Waals surface area contributed by atoms with Crippen LogP contribution in [0.15, 0.2) is 64.2 Å². The minimum Gasteiger partial charge on any atom is -0.481 e. The minimum absolute atomic E-state index is 0.131. The molecule has 0 saturated carbocycles. The molecule has 0 unspecified atom stereocenters. The summed E-state index contributed by atoms with van der Waals surface area (Å²) < 4.78 is 2.68. The molecular weight excluding hydrogens is 492 g/mol. The maximum atomic E-state index is 12.4. The molecule has 8 nitrogen and oxygen atoms in total. The minimum atomic E-state index is -0.775. The Labute approximate surface area is 228 Å². The summed E-state index contributed by atoms with van der Waals surface area (Å²) in [6, 6.07) is 16.6. The van der Waals surface area contributed by atoms with Crippen LogP contribution in [0.5, 0.6) is 0 Å². The first-order chi connectivity index (χ1) is 18.8. The molecule has 0 atom stereocenters. The van der Waals surface area contributed by atoms with Crippen LogP contribution in [0.25, 0.3) is 5.57 Å². The van der Waals surface area contributed by atoms with Crippen LogP contribution in [0, 0.1) is 0 Å². The van der Waals surface area contributed by atoms with Gasteiger partial charge in [0.05, 0.1) is 0 Å². The maximum absolute atomic E-state index is 12.4. The Morgan fingerprint density at radius 1 is 0.897 bits per heavy atom. The lowest BCUT2D eigenvalue weighted by molar-refractivity contribution is -0.136. The summed E-state index contributed by atoms with van der Waals surface area (Å²) in [6.45, 7) is 4.16. The molecule has 0 spiro atoms. The van der Waals surface area contributed by atoms with Crippen molar-refractivity contribution < 1.29 is 9.90 Å². The molecule has 39 heavy (non-hydrogen) atoms. The van der Waals surface area contributed by atoms with E-state index < -0.39 is 5.97 Å². The first-order valence-corrected chi connectivity index (χ1v) is 13.7.